The summed E-state index contributed by atoms with van der Waals surface area (Å²) < 4.78 is 5.52. The Kier molecular flexibility index (Phi) is 2.35. The standard InChI is InChI=1S/C13H16O4/c1-7-5-9-10(6-8(7)2)17-12(3,4)13(15,16)11(9)14/h5-6,15-16H,1-4H3. The first-order valence-electron chi connectivity index (χ1n) is 5.46. The largest absolute Gasteiger partial charge is 0.481 e. The third kappa shape index (κ3) is 1.56. The molecule has 0 amide bonds. The highest BCUT2D eigenvalue weighted by Crippen LogP contribution is 2.39. The Morgan fingerprint density at radius 1 is 1.12 bits per heavy atom. The van der Waals surface area contributed by atoms with Crippen molar-refractivity contribution in [3.63, 3.8) is 0 Å². The van der Waals surface area contributed by atoms with E-state index >= 15 is 0 Å². The molecule has 0 saturated heterocycles. The molecule has 0 bridgehead atoms. The SMILES string of the molecule is Cc1cc2c(cc1C)C(=O)C(O)(O)C(C)(C)O2. The quantitative estimate of drug-likeness (QED) is 0.667. The molecule has 0 radical (unpaired) electrons. The van der Waals surface area contributed by atoms with Crippen molar-refractivity contribution in [2.45, 2.75) is 39.1 Å². The summed E-state index contributed by atoms with van der Waals surface area (Å²) in [7, 11) is 0. The molecule has 1 heterocycles. The molecule has 1 aromatic carbocycles. The van der Waals surface area contributed by atoms with Gasteiger partial charge in [0, 0.05) is 0 Å². The third-order valence-electron chi connectivity index (χ3n) is 3.36. The predicted octanol–water partition coefficient (Wildman–Crippen LogP) is 1.34. The van der Waals surface area contributed by atoms with Gasteiger partial charge in [0.1, 0.15) is 5.75 Å². The summed E-state index contributed by atoms with van der Waals surface area (Å²) in [6, 6.07) is 3.38. The Bertz CT molecular complexity index is 500. The summed E-state index contributed by atoms with van der Waals surface area (Å²) in [6.45, 7) is 6.72. The van der Waals surface area contributed by atoms with Gasteiger partial charge in [0.2, 0.25) is 5.78 Å². The molecule has 1 aliphatic rings. The summed E-state index contributed by atoms with van der Waals surface area (Å²) in [5.41, 5.74) is 0.767. The van der Waals surface area contributed by atoms with Crippen LogP contribution in [0.5, 0.6) is 5.75 Å². The summed E-state index contributed by atoms with van der Waals surface area (Å²) in [5.74, 6) is -2.81. The lowest BCUT2D eigenvalue weighted by molar-refractivity contribution is -0.220. The van der Waals surface area contributed by atoms with Crippen LogP contribution in [0.15, 0.2) is 12.1 Å². The van der Waals surface area contributed by atoms with Crippen molar-refractivity contribution in [3.05, 3.63) is 28.8 Å². The Morgan fingerprint density at radius 2 is 1.65 bits per heavy atom. The van der Waals surface area contributed by atoms with Gasteiger partial charge in [0.15, 0.2) is 5.60 Å². The maximum absolute atomic E-state index is 12.0. The number of Topliss-reactive ketones (excluding diaryl/α,β-unsaturated/α-hetero) is 1. The topological polar surface area (TPSA) is 66.8 Å². The first-order chi connectivity index (χ1) is 7.67. The van der Waals surface area contributed by atoms with Gasteiger partial charge in [-0.1, -0.05) is 0 Å². The Morgan fingerprint density at radius 3 is 2.24 bits per heavy atom. The average Bonchev–Trinajstić information content (AvgIpc) is 2.19. The van der Waals surface area contributed by atoms with Crippen molar-refractivity contribution in [2.75, 3.05) is 0 Å². The van der Waals surface area contributed by atoms with Crippen LogP contribution in [0.25, 0.3) is 0 Å². The van der Waals surface area contributed by atoms with Crippen molar-refractivity contribution in [3.8, 4) is 5.75 Å². The van der Waals surface area contributed by atoms with Gasteiger partial charge < -0.3 is 14.9 Å². The van der Waals surface area contributed by atoms with E-state index in [9.17, 15) is 15.0 Å². The van der Waals surface area contributed by atoms with E-state index in [0.717, 1.165) is 11.1 Å². The van der Waals surface area contributed by atoms with Gasteiger partial charge in [0.05, 0.1) is 5.56 Å². The molecule has 0 saturated carbocycles. The number of ether oxygens (including phenoxy) is 1. The Balaban J connectivity index is 2.66. The minimum Gasteiger partial charge on any atom is -0.481 e. The molecule has 1 aliphatic heterocycles. The van der Waals surface area contributed by atoms with Crippen LogP contribution < -0.4 is 4.74 Å². The van der Waals surface area contributed by atoms with Crippen LogP contribution in [0.2, 0.25) is 0 Å². The molecule has 92 valence electrons. The van der Waals surface area contributed by atoms with Gasteiger partial charge in [-0.25, -0.2) is 0 Å². The Hall–Kier alpha value is -1.39. The number of rotatable bonds is 0. The summed E-state index contributed by atoms with van der Waals surface area (Å²) >= 11 is 0. The zero-order valence-corrected chi connectivity index (χ0v) is 10.4. The van der Waals surface area contributed by atoms with Crippen LogP contribution in [0.3, 0.4) is 0 Å². The minimum absolute atomic E-state index is 0.220. The van der Waals surface area contributed by atoms with E-state index in [2.05, 4.69) is 0 Å². The monoisotopic (exact) mass is 236 g/mol. The molecule has 4 heteroatoms. The average molecular weight is 236 g/mol. The molecule has 1 aromatic rings. The van der Waals surface area contributed by atoms with Gasteiger partial charge in [-0.2, -0.15) is 0 Å². The molecule has 2 rings (SSSR count). The highest BCUT2D eigenvalue weighted by molar-refractivity contribution is 6.05. The van der Waals surface area contributed by atoms with Crippen LogP contribution in [0.1, 0.15) is 35.3 Å². The van der Waals surface area contributed by atoms with Crippen molar-refractivity contribution in [1.29, 1.82) is 0 Å². The normalized spacial score (nSPS) is 20.7. The van der Waals surface area contributed by atoms with Crippen LogP contribution in [-0.4, -0.2) is 27.4 Å². The first-order valence-corrected chi connectivity index (χ1v) is 5.46. The van der Waals surface area contributed by atoms with Crippen LogP contribution in [0, 0.1) is 13.8 Å². The van der Waals surface area contributed by atoms with E-state index in [4.69, 9.17) is 4.74 Å². The van der Waals surface area contributed by atoms with Crippen molar-refractivity contribution in [2.24, 2.45) is 0 Å². The zero-order valence-electron chi connectivity index (χ0n) is 10.4. The second-order valence-corrected chi connectivity index (χ2v) is 5.05. The van der Waals surface area contributed by atoms with Crippen molar-refractivity contribution in [1.82, 2.24) is 0 Å². The summed E-state index contributed by atoms with van der Waals surface area (Å²) in [6.07, 6.45) is 0. The first kappa shape index (κ1) is 12.1. The number of benzene rings is 1. The minimum atomic E-state index is -2.50. The highest BCUT2D eigenvalue weighted by atomic mass is 16.6. The van der Waals surface area contributed by atoms with Crippen LogP contribution >= 0.6 is 0 Å². The number of carbonyl (C=O) groups excluding carboxylic acids is 1. The number of carbonyl (C=O) groups is 1. The lowest BCUT2D eigenvalue weighted by Gasteiger charge is -2.41. The molecular weight excluding hydrogens is 220 g/mol. The molecule has 17 heavy (non-hydrogen) atoms. The molecule has 0 unspecified atom stereocenters. The highest BCUT2D eigenvalue weighted by Gasteiger charge is 2.55. The number of hydrogen-bond donors (Lipinski definition) is 2. The van der Waals surface area contributed by atoms with Gasteiger partial charge in [-0.15, -0.1) is 0 Å². The molecule has 2 N–H and O–H groups in total. The zero-order chi connectivity index (χ0) is 13.0. The maximum Gasteiger partial charge on any atom is 0.269 e. The fourth-order valence-electron chi connectivity index (χ4n) is 1.86. The second-order valence-electron chi connectivity index (χ2n) is 5.05. The summed E-state index contributed by atoms with van der Waals surface area (Å²) in [5, 5.41) is 19.7. The maximum atomic E-state index is 12.0. The van der Waals surface area contributed by atoms with Gasteiger partial charge in [-0.05, 0) is 51.0 Å². The number of aryl methyl sites for hydroxylation is 2. The molecule has 0 fully saturated rings. The van der Waals surface area contributed by atoms with E-state index in [0.29, 0.717) is 5.75 Å². The van der Waals surface area contributed by atoms with E-state index < -0.39 is 17.2 Å². The van der Waals surface area contributed by atoms with Gasteiger partial charge in [-0.3, -0.25) is 4.79 Å². The fraction of sp³-hybridized carbons (Fsp3) is 0.462. The molecule has 0 aliphatic carbocycles. The van der Waals surface area contributed by atoms with Crippen molar-refractivity contribution < 1.29 is 19.7 Å². The van der Waals surface area contributed by atoms with Crippen LogP contribution in [-0.2, 0) is 0 Å². The lowest BCUT2D eigenvalue weighted by atomic mass is 9.85. The number of hydrogen-bond acceptors (Lipinski definition) is 4. The van der Waals surface area contributed by atoms with E-state index in [-0.39, 0.29) is 5.56 Å². The summed E-state index contributed by atoms with van der Waals surface area (Å²) in [4.78, 5) is 12.0. The Labute approximate surface area is 99.8 Å². The molecule has 0 atom stereocenters. The predicted molar refractivity (Wildman–Crippen MR) is 62.1 cm³/mol. The van der Waals surface area contributed by atoms with Crippen LogP contribution in [0.4, 0.5) is 0 Å². The van der Waals surface area contributed by atoms with E-state index in [1.165, 1.54) is 13.8 Å². The molecule has 0 aromatic heterocycles. The molecule has 0 spiro atoms. The molecule has 4 nitrogen and oxygen atoms in total. The number of fused-ring (bicyclic) bond motifs is 1. The second kappa shape index (κ2) is 3.31. The number of ketones is 1. The van der Waals surface area contributed by atoms with E-state index in [1.807, 2.05) is 13.8 Å². The van der Waals surface area contributed by atoms with Crippen molar-refractivity contribution >= 4 is 5.78 Å². The van der Waals surface area contributed by atoms with Gasteiger partial charge >= 0.3 is 0 Å². The van der Waals surface area contributed by atoms with Gasteiger partial charge in [0.25, 0.3) is 5.79 Å². The third-order valence-corrected chi connectivity index (χ3v) is 3.36. The van der Waals surface area contributed by atoms with E-state index in [1.54, 1.807) is 12.1 Å². The molecular formula is C13H16O4. The number of aliphatic hydroxyl groups is 2. The fourth-order valence-corrected chi connectivity index (χ4v) is 1.86. The smallest absolute Gasteiger partial charge is 0.269 e. The lowest BCUT2D eigenvalue weighted by Crippen LogP contribution is -2.61.